The number of carbonyl (C=O) groups excluding carboxylic acids is 2. The lowest BCUT2D eigenvalue weighted by Gasteiger charge is -2.23. The average Bonchev–Trinajstić information content (AvgIpc) is 2.65. The average molecular weight is 413 g/mol. The van der Waals surface area contributed by atoms with Gasteiger partial charge in [0.1, 0.15) is 5.82 Å². The van der Waals surface area contributed by atoms with Gasteiger partial charge in [0.2, 0.25) is 5.91 Å². The molecule has 1 fully saturated rings. The van der Waals surface area contributed by atoms with Gasteiger partial charge in [0.25, 0.3) is 5.91 Å². The van der Waals surface area contributed by atoms with Crippen molar-refractivity contribution in [1.82, 2.24) is 10.3 Å². The van der Waals surface area contributed by atoms with Crippen LogP contribution in [0.1, 0.15) is 16.8 Å². The van der Waals surface area contributed by atoms with Gasteiger partial charge >= 0.3 is 0 Å². The molecule has 9 heteroatoms. The predicted molar refractivity (Wildman–Crippen MR) is 109 cm³/mol. The first-order valence-corrected chi connectivity index (χ1v) is 8.14. The topological polar surface area (TPSA) is 92.4 Å². The summed E-state index contributed by atoms with van der Waals surface area (Å²) in [6.07, 6.45) is 1.86. The molecule has 1 saturated heterocycles. The molecule has 1 aromatic heterocycles. The Balaban J connectivity index is 0.00000182. The molecular formula is C18H22Cl2N4O3. The minimum absolute atomic E-state index is 0. The lowest BCUT2D eigenvalue weighted by atomic mass is 10.2. The molecule has 2 aromatic rings. The number of hydrogen-bond donors (Lipinski definition) is 3. The lowest BCUT2D eigenvalue weighted by Crippen LogP contribution is -2.43. The molecule has 1 aliphatic rings. The predicted octanol–water partition coefficient (Wildman–Crippen LogP) is 2.49. The Labute approximate surface area is 170 Å². The van der Waals surface area contributed by atoms with Crippen molar-refractivity contribution >= 4 is 48.1 Å². The number of rotatable bonds is 5. The zero-order chi connectivity index (χ0) is 17.5. The van der Waals surface area contributed by atoms with Crippen LogP contribution in [0.3, 0.4) is 0 Å². The van der Waals surface area contributed by atoms with E-state index in [1.807, 2.05) is 6.07 Å². The minimum Gasteiger partial charge on any atom is -0.378 e. The first-order chi connectivity index (χ1) is 12.2. The SMILES string of the molecule is Cl.Cl.O=C(CC1COCCN1)Nc1ccc(NC(=O)c2ccccc2)nc1. The molecule has 1 aromatic carbocycles. The summed E-state index contributed by atoms with van der Waals surface area (Å²) >= 11 is 0. The maximum absolute atomic E-state index is 12.1. The Morgan fingerprint density at radius 2 is 1.89 bits per heavy atom. The highest BCUT2D eigenvalue weighted by molar-refractivity contribution is 6.03. The van der Waals surface area contributed by atoms with Crippen molar-refractivity contribution in [2.75, 3.05) is 30.4 Å². The zero-order valence-corrected chi connectivity index (χ0v) is 16.1. The number of amides is 2. The summed E-state index contributed by atoms with van der Waals surface area (Å²) in [4.78, 5) is 28.2. The normalized spacial score (nSPS) is 15.6. The van der Waals surface area contributed by atoms with Crippen LogP contribution in [0.5, 0.6) is 0 Å². The van der Waals surface area contributed by atoms with E-state index in [0.29, 0.717) is 36.7 Å². The van der Waals surface area contributed by atoms with Crippen LogP contribution in [-0.4, -0.2) is 42.6 Å². The number of nitrogens with one attached hydrogen (secondary N) is 3. The summed E-state index contributed by atoms with van der Waals surface area (Å²) in [7, 11) is 0. The molecule has 27 heavy (non-hydrogen) atoms. The number of pyridine rings is 1. The molecule has 1 unspecified atom stereocenters. The van der Waals surface area contributed by atoms with Crippen LogP contribution >= 0.6 is 24.8 Å². The Bertz CT molecular complexity index is 723. The monoisotopic (exact) mass is 412 g/mol. The maximum Gasteiger partial charge on any atom is 0.256 e. The van der Waals surface area contributed by atoms with Gasteiger partial charge in [0.05, 0.1) is 25.1 Å². The van der Waals surface area contributed by atoms with Gasteiger partial charge < -0.3 is 20.7 Å². The molecule has 1 atom stereocenters. The molecule has 146 valence electrons. The molecule has 7 nitrogen and oxygen atoms in total. The van der Waals surface area contributed by atoms with Crippen molar-refractivity contribution in [3.05, 3.63) is 54.2 Å². The minimum atomic E-state index is -0.228. The van der Waals surface area contributed by atoms with Gasteiger partial charge in [-0.2, -0.15) is 0 Å². The zero-order valence-electron chi connectivity index (χ0n) is 14.5. The molecule has 0 aliphatic carbocycles. The fourth-order valence-electron chi connectivity index (χ4n) is 2.51. The highest BCUT2D eigenvalue weighted by Crippen LogP contribution is 2.12. The van der Waals surface area contributed by atoms with Gasteiger partial charge in [-0.05, 0) is 24.3 Å². The molecule has 0 bridgehead atoms. The maximum atomic E-state index is 12.1. The quantitative estimate of drug-likeness (QED) is 0.701. The van der Waals surface area contributed by atoms with E-state index in [0.717, 1.165) is 6.54 Å². The lowest BCUT2D eigenvalue weighted by molar-refractivity contribution is -0.117. The number of anilines is 2. The number of hydrogen-bond acceptors (Lipinski definition) is 5. The molecule has 1 aliphatic heterocycles. The van der Waals surface area contributed by atoms with Crippen molar-refractivity contribution in [2.24, 2.45) is 0 Å². The summed E-state index contributed by atoms with van der Waals surface area (Å²) in [5.74, 6) is 0.0910. The van der Waals surface area contributed by atoms with Gasteiger partial charge in [-0.3, -0.25) is 9.59 Å². The summed E-state index contributed by atoms with van der Waals surface area (Å²) in [5.41, 5.74) is 1.14. The molecule has 0 radical (unpaired) electrons. The van der Waals surface area contributed by atoms with Crippen LogP contribution in [0.25, 0.3) is 0 Å². The first-order valence-electron chi connectivity index (χ1n) is 8.14. The van der Waals surface area contributed by atoms with E-state index >= 15 is 0 Å². The van der Waals surface area contributed by atoms with Crippen molar-refractivity contribution in [3.8, 4) is 0 Å². The second-order valence-corrected chi connectivity index (χ2v) is 5.73. The van der Waals surface area contributed by atoms with Crippen molar-refractivity contribution in [2.45, 2.75) is 12.5 Å². The molecule has 0 saturated carbocycles. The molecule has 3 N–H and O–H groups in total. The fourth-order valence-corrected chi connectivity index (χ4v) is 2.51. The fraction of sp³-hybridized carbons (Fsp3) is 0.278. The van der Waals surface area contributed by atoms with Gasteiger partial charge in [0.15, 0.2) is 0 Å². The summed E-state index contributed by atoms with van der Waals surface area (Å²) in [6.45, 7) is 1.98. The van der Waals surface area contributed by atoms with Crippen LogP contribution in [-0.2, 0) is 9.53 Å². The molecule has 2 heterocycles. The van der Waals surface area contributed by atoms with Crippen LogP contribution in [0.2, 0.25) is 0 Å². The largest absolute Gasteiger partial charge is 0.378 e. The van der Waals surface area contributed by atoms with Crippen molar-refractivity contribution in [1.29, 1.82) is 0 Å². The standard InChI is InChI=1S/C18H20N4O3.2ClH/c23-17(10-15-12-25-9-8-19-15)21-14-6-7-16(20-11-14)22-18(24)13-4-2-1-3-5-13;;/h1-7,11,15,19H,8-10,12H2,(H,21,23)(H,20,22,24);2*1H. The van der Waals surface area contributed by atoms with Gasteiger partial charge in [-0.25, -0.2) is 4.98 Å². The summed E-state index contributed by atoms with van der Waals surface area (Å²) < 4.78 is 5.33. The number of halogens is 2. The van der Waals surface area contributed by atoms with E-state index in [1.54, 1.807) is 36.4 Å². The third kappa shape index (κ3) is 7.15. The van der Waals surface area contributed by atoms with Crippen molar-refractivity contribution < 1.29 is 14.3 Å². The van der Waals surface area contributed by atoms with Crippen LogP contribution < -0.4 is 16.0 Å². The van der Waals surface area contributed by atoms with Crippen molar-refractivity contribution in [3.63, 3.8) is 0 Å². The Hall–Kier alpha value is -2.19. The molecule has 0 spiro atoms. The van der Waals surface area contributed by atoms with E-state index in [-0.39, 0.29) is 42.7 Å². The smallest absolute Gasteiger partial charge is 0.256 e. The first kappa shape index (κ1) is 22.9. The Morgan fingerprint density at radius 3 is 2.52 bits per heavy atom. The van der Waals surface area contributed by atoms with Gasteiger partial charge in [-0.15, -0.1) is 24.8 Å². The second kappa shape index (κ2) is 11.5. The van der Waals surface area contributed by atoms with Crippen LogP contribution in [0, 0.1) is 0 Å². The number of morpholine rings is 1. The third-order valence-corrected chi connectivity index (χ3v) is 3.76. The van der Waals surface area contributed by atoms with E-state index in [9.17, 15) is 9.59 Å². The summed E-state index contributed by atoms with van der Waals surface area (Å²) in [6, 6.07) is 12.3. The number of nitrogens with zero attached hydrogens (tertiary/aromatic N) is 1. The second-order valence-electron chi connectivity index (χ2n) is 5.73. The van der Waals surface area contributed by atoms with E-state index in [4.69, 9.17) is 4.74 Å². The van der Waals surface area contributed by atoms with E-state index < -0.39 is 0 Å². The number of ether oxygens (including phenoxy) is 1. The van der Waals surface area contributed by atoms with Gasteiger partial charge in [0, 0.05) is 24.6 Å². The highest BCUT2D eigenvalue weighted by atomic mass is 35.5. The van der Waals surface area contributed by atoms with E-state index in [1.165, 1.54) is 6.20 Å². The number of aromatic nitrogens is 1. The van der Waals surface area contributed by atoms with Crippen LogP contribution in [0.15, 0.2) is 48.7 Å². The molecule has 3 rings (SSSR count). The van der Waals surface area contributed by atoms with Crippen LogP contribution in [0.4, 0.5) is 11.5 Å². The molecular weight excluding hydrogens is 391 g/mol. The Morgan fingerprint density at radius 1 is 1.11 bits per heavy atom. The van der Waals surface area contributed by atoms with E-state index in [2.05, 4.69) is 20.9 Å². The highest BCUT2D eigenvalue weighted by Gasteiger charge is 2.17. The third-order valence-electron chi connectivity index (χ3n) is 3.76. The summed E-state index contributed by atoms with van der Waals surface area (Å²) in [5, 5.41) is 8.74. The number of carbonyl (C=O) groups is 2. The number of benzene rings is 1. The Kier molecular flexibility index (Phi) is 9.74. The molecule has 2 amide bonds. The van der Waals surface area contributed by atoms with Gasteiger partial charge in [-0.1, -0.05) is 18.2 Å².